The molecule has 0 aliphatic carbocycles. The van der Waals surface area contributed by atoms with Gasteiger partial charge in [-0.05, 0) is 29.8 Å². The quantitative estimate of drug-likeness (QED) is 0.284. The molecule has 4 heteroatoms. The van der Waals surface area contributed by atoms with Crippen molar-refractivity contribution in [3.63, 3.8) is 0 Å². The molecule has 0 amide bonds. The van der Waals surface area contributed by atoms with E-state index < -0.39 is 0 Å². The van der Waals surface area contributed by atoms with Crippen LogP contribution in [0.5, 0.6) is 0 Å². The van der Waals surface area contributed by atoms with Crippen LogP contribution in [0.1, 0.15) is 5.56 Å². The molecule has 3 nitrogen and oxygen atoms in total. The third-order valence-corrected chi connectivity index (χ3v) is 1.54. The van der Waals surface area contributed by atoms with Crippen molar-refractivity contribution in [1.82, 2.24) is 0 Å². The summed E-state index contributed by atoms with van der Waals surface area (Å²) in [5.74, 6) is 5.54. The number of hydrogen-bond donors (Lipinski definition) is 0. The maximum atomic E-state index is 7.97. The summed E-state index contributed by atoms with van der Waals surface area (Å²) in [6.45, 7) is 0.194. The molecule has 0 aromatic heterocycles. The van der Waals surface area contributed by atoms with Gasteiger partial charge in [0.25, 0.3) is 0 Å². The van der Waals surface area contributed by atoms with Crippen LogP contribution in [0.2, 0.25) is 5.02 Å². The molecule has 0 atom stereocenters. The summed E-state index contributed by atoms with van der Waals surface area (Å²) in [6.07, 6.45) is 0. The highest BCUT2D eigenvalue weighted by Crippen LogP contribution is 2.08. The van der Waals surface area contributed by atoms with Crippen molar-refractivity contribution >= 4 is 11.6 Å². The van der Waals surface area contributed by atoms with E-state index in [2.05, 4.69) is 21.9 Å². The van der Waals surface area contributed by atoms with E-state index in [-0.39, 0.29) is 6.54 Å². The van der Waals surface area contributed by atoms with Crippen LogP contribution >= 0.6 is 11.6 Å². The Bertz CT molecular complexity index is 380. The minimum atomic E-state index is 0.194. The molecule has 0 N–H and O–H groups in total. The van der Waals surface area contributed by atoms with Gasteiger partial charge in [0.15, 0.2) is 0 Å². The Balaban J connectivity index is 2.66. The molecular weight excluding hydrogens is 186 g/mol. The summed E-state index contributed by atoms with van der Waals surface area (Å²) < 4.78 is 0. The molecule has 0 saturated heterocycles. The first-order valence-electron chi connectivity index (χ1n) is 3.58. The van der Waals surface area contributed by atoms with Crippen molar-refractivity contribution in [3.8, 4) is 11.8 Å². The van der Waals surface area contributed by atoms with Gasteiger partial charge in [0.1, 0.15) is 0 Å². The van der Waals surface area contributed by atoms with Crippen molar-refractivity contribution in [2.45, 2.75) is 0 Å². The summed E-state index contributed by atoms with van der Waals surface area (Å²) in [7, 11) is 0. The van der Waals surface area contributed by atoms with Crippen LogP contribution in [-0.4, -0.2) is 6.54 Å². The van der Waals surface area contributed by atoms with Crippen LogP contribution in [0.3, 0.4) is 0 Å². The lowest BCUT2D eigenvalue weighted by molar-refractivity contribution is 1.25. The van der Waals surface area contributed by atoms with Crippen LogP contribution in [0.4, 0.5) is 0 Å². The molecule has 0 saturated carbocycles. The van der Waals surface area contributed by atoms with Crippen LogP contribution in [0.15, 0.2) is 29.4 Å². The van der Waals surface area contributed by atoms with Crippen LogP contribution in [0.25, 0.3) is 10.4 Å². The Hall–Kier alpha value is -1.62. The molecule has 0 radical (unpaired) electrons. The number of halogens is 1. The van der Waals surface area contributed by atoms with Gasteiger partial charge in [-0.25, -0.2) is 0 Å². The Morgan fingerprint density at radius 1 is 1.38 bits per heavy atom. The predicted octanol–water partition coefficient (Wildman–Crippen LogP) is 3.00. The second-order valence-corrected chi connectivity index (χ2v) is 2.63. The van der Waals surface area contributed by atoms with Gasteiger partial charge in [0.05, 0.1) is 6.54 Å². The fourth-order valence-corrected chi connectivity index (χ4v) is 0.868. The van der Waals surface area contributed by atoms with Gasteiger partial charge >= 0.3 is 0 Å². The van der Waals surface area contributed by atoms with Crippen molar-refractivity contribution in [1.29, 1.82) is 0 Å². The molecular formula is C9H6ClN3. The van der Waals surface area contributed by atoms with E-state index in [9.17, 15) is 0 Å². The molecule has 0 heterocycles. The van der Waals surface area contributed by atoms with Crippen molar-refractivity contribution < 1.29 is 0 Å². The van der Waals surface area contributed by atoms with Crippen molar-refractivity contribution in [2.24, 2.45) is 5.11 Å². The summed E-state index contributed by atoms with van der Waals surface area (Å²) in [6, 6.07) is 7.15. The monoisotopic (exact) mass is 191 g/mol. The van der Waals surface area contributed by atoms with Gasteiger partial charge in [-0.1, -0.05) is 28.6 Å². The highest BCUT2D eigenvalue weighted by atomic mass is 35.5. The Morgan fingerprint density at radius 2 is 2.08 bits per heavy atom. The Morgan fingerprint density at radius 3 is 2.69 bits per heavy atom. The second kappa shape index (κ2) is 5.10. The third kappa shape index (κ3) is 3.53. The van der Waals surface area contributed by atoms with E-state index in [0.29, 0.717) is 5.02 Å². The summed E-state index contributed by atoms with van der Waals surface area (Å²) in [4.78, 5) is 2.58. The van der Waals surface area contributed by atoms with E-state index in [0.717, 1.165) is 5.56 Å². The molecule has 13 heavy (non-hydrogen) atoms. The second-order valence-electron chi connectivity index (χ2n) is 2.20. The molecule has 64 valence electrons. The average molecular weight is 192 g/mol. The lowest BCUT2D eigenvalue weighted by Crippen LogP contribution is -1.74. The van der Waals surface area contributed by atoms with Gasteiger partial charge in [-0.2, -0.15) is 0 Å². The van der Waals surface area contributed by atoms with E-state index in [1.54, 1.807) is 12.1 Å². The van der Waals surface area contributed by atoms with Crippen molar-refractivity contribution in [2.75, 3.05) is 6.54 Å². The first-order chi connectivity index (χ1) is 6.33. The first kappa shape index (κ1) is 9.47. The zero-order valence-corrected chi connectivity index (χ0v) is 7.49. The van der Waals surface area contributed by atoms with Crippen molar-refractivity contribution in [3.05, 3.63) is 45.3 Å². The number of rotatable bonds is 1. The number of nitrogens with zero attached hydrogens (tertiary/aromatic N) is 3. The molecule has 0 aliphatic rings. The molecule has 1 aromatic rings. The zero-order chi connectivity index (χ0) is 9.52. The van der Waals surface area contributed by atoms with E-state index in [1.165, 1.54) is 0 Å². The lowest BCUT2D eigenvalue weighted by Gasteiger charge is -1.88. The minimum absolute atomic E-state index is 0.194. The highest BCUT2D eigenvalue weighted by Gasteiger charge is 1.85. The molecule has 0 spiro atoms. The number of azide groups is 1. The predicted molar refractivity (Wildman–Crippen MR) is 52.3 cm³/mol. The minimum Gasteiger partial charge on any atom is -0.0919 e. The smallest absolute Gasteiger partial charge is 0.0880 e. The maximum Gasteiger partial charge on any atom is 0.0880 e. The van der Waals surface area contributed by atoms with Crippen LogP contribution in [-0.2, 0) is 0 Å². The average Bonchev–Trinajstić information content (AvgIpc) is 2.15. The number of hydrogen-bond acceptors (Lipinski definition) is 1. The van der Waals surface area contributed by atoms with E-state index in [1.807, 2.05) is 12.1 Å². The molecule has 0 fully saturated rings. The molecule has 0 bridgehead atoms. The normalized spacial score (nSPS) is 8.08. The largest absolute Gasteiger partial charge is 0.0919 e. The molecule has 1 aromatic carbocycles. The number of benzene rings is 1. The summed E-state index contributed by atoms with van der Waals surface area (Å²) in [5.41, 5.74) is 8.83. The fourth-order valence-electron chi connectivity index (χ4n) is 0.742. The van der Waals surface area contributed by atoms with Crippen LogP contribution in [0, 0.1) is 11.8 Å². The summed E-state index contributed by atoms with van der Waals surface area (Å²) in [5, 5.41) is 3.97. The van der Waals surface area contributed by atoms with Gasteiger partial charge in [0, 0.05) is 15.5 Å². The van der Waals surface area contributed by atoms with Gasteiger partial charge in [-0.3, -0.25) is 0 Å². The Kier molecular flexibility index (Phi) is 3.72. The van der Waals surface area contributed by atoms with Gasteiger partial charge < -0.3 is 0 Å². The topological polar surface area (TPSA) is 48.8 Å². The zero-order valence-electron chi connectivity index (χ0n) is 6.74. The standard InChI is InChI=1S/C9H6ClN3/c10-9-5-3-8(4-6-9)2-1-7-12-13-11/h3-6H,7H2. The third-order valence-electron chi connectivity index (χ3n) is 1.29. The van der Waals surface area contributed by atoms with Gasteiger partial charge in [0.2, 0.25) is 0 Å². The first-order valence-corrected chi connectivity index (χ1v) is 3.96. The van der Waals surface area contributed by atoms with E-state index in [4.69, 9.17) is 17.1 Å². The van der Waals surface area contributed by atoms with E-state index >= 15 is 0 Å². The van der Waals surface area contributed by atoms with Gasteiger partial charge in [-0.15, -0.1) is 0 Å². The summed E-state index contributed by atoms with van der Waals surface area (Å²) >= 11 is 5.68. The molecule has 0 aliphatic heterocycles. The highest BCUT2D eigenvalue weighted by molar-refractivity contribution is 6.30. The Labute approximate surface area is 81.0 Å². The fraction of sp³-hybridized carbons (Fsp3) is 0.111. The molecule has 1 rings (SSSR count). The van der Waals surface area contributed by atoms with Crippen LogP contribution < -0.4 is 0 Å². The SMILES string of the molecule is [N-]=[N+]=NCC#Cc1ccc(Cl)cc1. The maximum absolute atomic E-state index is 7.97. The lowest BCUT2D eigenvalue weighted by atomic mass is 10.2. The molecule has 0 unspecified atom stereocenters.